The molecule has 0 radical (unpaired) electrons. The van der Waals surface area contributed by atoms with Gasteiger partial charge in [0.05, 0.1) is 0 Å². The Labute approximate surface area is 136 Å². The first-order valence-corrected chi connectivity index (χ1v) is 8.79. The summed E-state index contributed by atoms with van der Waals surface area (Å²) in [5, 5.41) is 1.88. The molecule has 110 valence electrons. The largest absolute Gasteiger partial charge is 0.469 e. The first-order chi connectivity index (χ1) is 10.8. The van der Waals surface area contributed by atoms with Crippen molar-refractivity contribution in [1.29, 1.82) is 0 Å². The topological polar surface area (TPSA) is 22.1 Å². The number of hydrogen-bond acceptors (Lipinski definition) is 2. The van der Waals surface area contributed by atoms with Crippen molar-refractivity contribution in [2.24, 2.45) is 0 Å². The molecule has 1 aromatic heterocycles. The molecule has 3 rings (SSSR count). The summed E-state index contributed by atoms with van der Waals surface area (Å²) in [6.07, 6.45) is 2.58. The minimum atomic E-state index is -0.842. The molecule has 0 aliphatic heterocycles. The third kappa shape index (κ3) is 4.07. The van der Waals surface area contributed by atoms with Gasteiger partial charge in [0.25, 0.3) is 0 Å². The zero-order valence-corrected chi connectivity index (χ0v) is 13.5. The number of pyridine rings is 1. The fourth-order valence-corrected chi connectivity index (χ4v) is 3.85. The number of aromatic nitrogens is 1. The minimum Gasteiger partial charge on any atom is -0.469 e. The van der Waals surface area contributed by atoms with Gasteiger partial charge in [-0.05, 0) is 48.5 Å². The van der Waals surface area contributed by atoms with Crippen molar-refractivity contribution in [3.63, 3.8) is 0 Å². The van der Waals surface area contributed by atoms with E-state index in [2.05, 4.69) is 4.98 Å². The van der Waals surface area contributed by atoms with Gasteiger partial charge in [-0.2, -0.15) is 0 Å². The third-order valence-electron chi connectivity index (χ3n) is 3.11. The van der Waals surface area contributed by atoms with Gasteiger partial charge in [-0.1, -0.05) is 35.9 Å². The smallest absolute Gasteiger partial charge is 0.125 e. The summed E-state index contributed by atoms with van der Waals surface area (Å²) in [6.45, 7) is 0. The molecule has 22 heavy (non-hydrogen) atoms. The van der Waals surface area contributed by atoms with Gasteiger partial charge < -0.3 is 4.52 Å². The number of rotatable bonds is 5. The Morgan fingerprint density at radius 2 is 1.59 bits per heavy atom. The molecular formula is C18H15ClNOP. The predicted molar refractivity (Wildman–Crippen MR) is 93.0 cm³/mol. The van der Waals surface area contributed by atoms with Gasteiger partial charge in [-0.15, -0.1) is 0 Å². The Hall–Kier alpha value is -1.89. The normalized spacial score (nSPS) is 11.9. The second kappa shape index (κ2) is 7.40. The predicted octanol–water partition coefficient (Wildman–Crippen LogP) is 5.04. The van der Waals surface area contributed by atoms with Gasteiger partial charge in [0, 0.05) is 28.4 Å². The van der Waals surface area contributed by atoms with Crippen LogP contribution in [0.15, 0.2) is 79.0 Å². The first kappa shape index (κ1) is 15.0. The molecule has 0 aliphatic rings. The zero-order valence-electron chi connectivity index (χ0n) is 11.9. The maximum Gasteiger partial charge on any atom is 0.125 e. The van der Waals surface area contributed by atoms with Gasteiger partial charge >= 0.3 is 0 Å². The van der Waals surface area contributed by atoms with E-state index in [1.165, 1.54) is 0 Å². The summed E-state index contributed by atoms with van der Waals surface area (Å²) in [5.74, 6) is 0.875. The zero-order chi connectivity index (χ0) is 15.2. The van der Waals surface area contributed by atoms with E-state index in [4.69, 9.17) is 16.1 Å². The molecule has 0 N–H and O–H groups in total. The van der Waals surface area contributed by atoms with E-state index in [1.54, 1.807) is 0 Å². The van der Waals surface area contributed by atoms with E-state index in [0.717, 1.165) is 27.9 Å². The minimum absolute atomic E-state index is 0.733. The molecule has 0 bridgehead atoms. The molecule has 2 nitrogen and oxygen atoms in total. The standard InChI is InChI=1S/C18H15ClNOP/c19-15-9-11-18(12-10-15)22(14-16-6-4-5-13-20-16)21-17-7-2-1-3-8-17/h1-13H,14H2. The quantitative estimate of drug-likeness (QED) is 0.613. The SMILES string of the molecule is Clc1ccc(P(Cc2ccccn2)Oc2ccccc2)cc1. The van der Waals surface area contributed by atoms with Crippen molar-refractivity contribution in [3.05, 3.63) is 89.7 Å². The molecule has 0 aliphatic carbocycles. The Balaban J connectivity index is 1.86. The van der Waals surface area contributed by atoms with Crippen LogP contribution in [0.1, 0.15) is 5.69 Å². The fraction of sp³-hybridized carbons (Fsp3) is 0.0556. The molecule has 0 spiro atoms. The van der Waals surface area contributed by atoms with Crippen LogP contribution in [0.2, 0.25) is 5.02 Å². The summed E-state index contributed by atoms with van der Waals surface area (Å²) >= 11 is 5.99. The first-order valence-electron chi connectivity index (χ1n) is 6.97. The Morgan fingerprint density at radius 1 is 0.864 bits per heavy atom. The molecule has 0 amide bonds. The summed E-state index contributed by atoms with van der Waals surface area (Å²) in [7, 11) is -0.842. The molecular weight excluding hydrogens is 313 g/mol. The van der Waals surface area contributed by atoms with E-state index < -0.39 is 8.15 Å². The van der Waals surface area contributed by atoms with E-state index in [1.807, 2.05) is 79.0 Å². The summed E-state index contributed by atoms with van der Waals surface area (Å²) in [4.78, 5) is 4.41. The lowest BCUT2D eigenvalue weighted by atomic mass is 10.3. The maximum atomic E-state index is 6.23. The number of para-hydroxylation sites is 1. The lowest BCUT2D eigenvalue weighted by Crippen LogP contribution is -2.07. The van der Waals surface area contributed by atoms with Gasteiger partial charge in [-0.25, -0.2) is 0 Å². The Morgan fingerprint density at radius 3 is 2.27 bits per heavy atom. The second-order valence-electron chi connectivity index (χ2n) is 4.74. The third-order valence-corrected chi connectivity index (χ3v) is 5.27. The van der Waals surface area contributed by atoms with Gasteiger partial charge in [0.1, 0.15) is 13.9 Å². The lowest BCUT2D eigenvalue weighted by molar-refractivity contribution is 0.619. The molecule has 1 atom stereocenters. The van der Waals surface area contributed by atoms with Crippen LogP contribution >= 0.6 is 19.7 Å². The average Bonchev–Trinajstić information content (AvgIpc) is 2.57. The van der Waals surface area contributed by atoms with Gasteiger partial charge in [0.15, 0.2) is 0 Å². The van der Waals surface area contributed by atoms with Crippen LogP contribution in [-0.2, 0) is 6.16 Å². The Bertz CT molecular complexity index is 663. The molecule has 1 unspecified atom stereocenters. The second-order valence-corrected chi connectivity index (χ2v) is 6.95. The lowest BCUT2D eigenvalue weighted by Gasteiger charge is -2.19. The summed E-state index contributed by atoms with van der Waals surface area (Å²) in [5.41, 5.74) is 1.03. The van der Waals surface area contributed by atoms with Gasteiger partial charge in [0.2, 0.25) is 0 Å². The fourth-order valence-electron chi connectivity index (χ4n) is 2.03. The van der Waals surface area contributed by atoms with Crippen LogP contribution in [0.25, 0.3) is 0 Å². The number of halogens is 1. The maximum absolute atomic E-state index is 6.23. The van der Waals surface area contributed by atoms with Crippen LogP contribution in [0, 0.1) is 0 Å². The van der Waals surface area contributed by atoms with Crippen molar-refractivity contribution in [2.45, 2.75) is 6.16 Å². The Kier molecular flexibility index (Phi) is 5.05. The van der Waals surface area contributed by atoms with E-state index in [-0.39, 0.29) is 0 Å². The monoisotopic (exact) mass is 327 g/mol. The van der Waals surface area contributed by atoms with E-state index in [9.17, 15) is 0 Å². The highest BCUT2D eigenvalue weighted by Crippen LogP contribution is 2.40. The van der Waals surface area contributed by atoms with Crippen LogP contribution in [0.5, 0.6) is 5.75 Å². The molecule has 4 heteroatoms. The number of hydrogen-bond donors (Lipinski definition) is 0. The van der Waals surface area contributed by atoms with Crippen molar-refractivity contribution in [3.8, 4) is 5.75 Å². The van der Waals surface area contributed by atoms with Crippen LogP contribution < -0.4 is 9.83 Å². The summed E-state index contributed by atoms with van der Waals surface area (Å²) < 4.78 is 6.23. The van der Waals surface area contributed by atoms with Crippen LogP contribution in [0.4, 0.5) is 0 Å². The van der Waals surface area contributed by atoms with E-state index in [0.29, 0.717) is 0 Å². The molecule has 1 heterocycles. The molecule has 3 aromatic rings. The highest BCUT2D eigenvalue weighted by atomic mass is 35.5. The highest BCUT2D eigenvalue weighted by molar-refractivity contribution is 7.60. The van der Waals surface area contributed by atoms with Crippen LogP contribution in [0.3, 0.4) is 0 Å². The highest BCUT2D eigenvalue weighted by Gasteiger charge is 2.16. The number of benzene rings is 2. The van der Waals surface area contributed by atoms with Crippen molar-refractivity contribution >= 4 is 25.1 Å². The van der Waals surface area contributed by atoms with Crippen molar-refractivity contribution in [1.82, 2.24) is 4.98 Å². The molecule has 0 saturated carbocycles. The van der Waals surface area contributed by atoms with Crippen LogP contribution in [-0.4, -0.2) is 4.98 Å². The average molecular weight is 328 g/mol. The number of nitrogens with zero attached hydrogens (tertiary/aromatic N) is 1. The van der Waals surface area contributed by atoms with E-state index >= 15 is 0 Å². The summed E-state index contributed by atoms with van der Waals surface area (Å²) in [6, 6.07) is 23.7. The van der Waals surface area contributed by atoms with Gasteiger partial charge in [-0.3, -0.25) is 4.98 Å². The molecule has 0 fully saturated rings. The van der Waals surface area contributed by atoms with Crippen molar-refractivity contribution < 1.29 is 4.52 Å². The van der Waals surface area contributed by atoms with Crippen molar-refractivity contribution in [2.75, 3.05) is 0 Å². The molecule has 0 saturated heterocycles. The molecule has 2 aromatic carbocycles.